The van der Waals surface area contributed by atoms with Gasteiger partial charge in [0.15, 0.2) is 0 Å². The summed E-state index contributed by atoms with van der Waals surface area (Å²) in [6.07, 6.45) is 6.57. The Morgan fingerprint density at radius 3 is 2.94 bits per heavy atom. The molecule has 0 spiro atoms. The average molecular weight is 257 g/mol. The maximum atomic E-state index is 6.33. The van der Waals surface area contributed by atoms with Gasteiger partial charge in [0.2, 0.25) is 0 Å². The summed E-state index contributed by atoms with van der Waals surface area (Å²) in [6.45, 7) is 0. The molecule has 0 bridgehead atoms. The predicted octanol–water partition coefficient (Wildman–Crippen LogP) is 3.97. The smallest absolute Gasteiger partial charge is 0.0661 e. The van der Waals surface area contributed by atoms with Crippen LogP contribution in [0.1, 0.15) is 23.2 Å². The van der Waals surface area contributed by atoms with Gasteiger partial charge in [-0.3, -0.25) is 9.98 Å². The molecule has 0 saturated carbocycles. The highest BCUT2D eigenvalue weighted by Crippen LogP contribution is 2.33. The van der Waals surface area contributed by atoms with Gasteiger partial charge in [-0.05, 0) is 48.2 Å². The van der Waals surface area contributed by atoms with Gasteiger partial charge in [-0.15, -0.1) is 0 Å². The summed E-state index contributed by atoms with van der Waals surface area (Å²) in [6, 6.07) is 9.89. The van der Waals surface area contributed by atoms with Crippen LogP contribution in [0.2, 0.25) is 5.02 Å². The molecular formula is C15H13ClN2. The number of aromatic nitrogens is 1. The Labute approximate surface area is 111 Å². The van der Waals surface area contributed by atoms with Crippen LogP contribution >= 0.6 is 11.6 Å². The second-order valence-electron chi connectivity index (χ2n) is 4.37. The minimum atomic E-state index is 0.776. The Balaban J connectivity index is 2.04. The molecule has 3 rings (SSSR count). The van der Waals surface area contributed by atoms with Gasteiger partial charge in [-0.25, -0.2) is 0 Å². The molecule has 0 N–H and O–H groups in total. The van der Waals surface area contributed by atoms with Crippen molar-refractivity contribution in [1.82, 2.24) is 4.98 Å². The fourth-order valence-corrected chi connectivity index (χ4v) is 2.54. The molecular weight excluding hydrogens is 244 g/mol. The molecule has 0 aliphatic carbocycles. The van der Waals surface area contributed by atoms with E-state index in [4.69, 9.17) is 11.6 Å². The molecule has 1 aliphatic heterocycles. The topological polar surface area (TPSA) is 25.2 Å². The third-order valence-corrected chi connectivity index (χ3v) is 3.54. The number of nitrogens with zero attached hydrogens (tertiary/aromatic N) is 2. The van der Waals surface area contributed by atoms with Crippen molar-refractivity contribution >= 4 is 23.5 Å². The van der Waals surface area contributed by atoms with E-state index in [1.54, 1.807) is 0 Å². The van der Waals surface area contributed by atoms with Crippen LogP contribution in [0.5, 0.6) is 0 Å². The van der Waals surface area contributed by atoms with E-state index in [0.717, 1.165) is 35.7 Å². The van der Waals surface area contributed by atoms with Crippen molar-refractivity contribution in [2.75, 3.05) is 0 Å². The number of benzene rings is 1. The number of aliphatic imine (C=N–C) groups is 1. The highest BCUT2D eigenvalue weighted by molar-refractivity contribution is 6.31. The Bertz CT molecular complexity index is 591. The Hall–Kier alpha value is -1.67. The van der Waals surface area contributed by atoms with Crippen molar-refractivity contribution in [3.63, 3.8) is 0 Å². The van der Waals surface area contributed by atoms with Crippen LogP contribution in [0.4, 0.5) is 5.69 Å². The summed E-state index contributed by atoms with van der Waals surface area (Å²) < 4.78 is 0. The van der Waals surface area contributed by atoms with E-state index < -0.39 is 0 Å². The molecule has 0 unspecified atom stereocenters. The molecule has 2 aromatic rings. The van der Waals surface area contributed by atoms with Gasteiger partial charge in [0.25, 0.3) is 0 Å². The van der Waals surface area contributed by atoms with E-state index in [1.807, 2.05) is 42.7 Å². The monoisotopic (exact) mass is 256 g/mol. The minimum Gasteiger partial charge on any atom is -0.261 e. The van der Waals surface area contributed by atoms with Crippen LogP contribution in [0, 0.1) is 0 Å². The van der Waals surface area contributed by atoms with Crippen LogP contribution in [-0.4, -0.2) is 11.2 Å². The number of pyridine rings is 1. The van der Waals surface area contributed by atoms with E-state index in [-0.39, 0.29) is 0 Å². The zero-order valence-corrected chi connectivity index (χ0v) is 10.7. The molecule has 18 heavy (non-hydrogen) atoms. The molecule has 0 amide bonds. The highest BCUT2D eigenvalue weighted by Gasteiger charge is 2.14. The molecule has 0 radical (unpaired) electrons. The van der Waals surface area contributed by atoms with Crippen molar-refractivity contribution < 1.29 is 0 Å². The molecule has 1 aromatic carbocycles. The maximum absolute atomic E-state index is 6.33. The zero-order chi connectivity index (χ0) is 12.4. The first-order valence-corrected chi connectivity index (χ1v) is 6.45. The van der Waals surface area contributed by atoms with Crippen LogP contribution in [0.15, 0.2) is 41.5 Å². The van der Waals surface area contributed by atoms with E-state index in [9.17, 15) is 0 Å². The van der Waals surface area contributed by atoms with E-state index >= 15 is 0 Å². The number of rotatable bonds is 2. The third-order valence-electron chi connectivity index (χ3n) is 3.19. The van der Waals surface area contributed by atoms with Gasteiger partial charge in [-0.1, -0.05) is 17.7 Å². The van der Waals surface area contributed by atoms with Crippen LogP contribution in [0.25, 0.3) is 0 Å². The Morgan fingerprint density at radius 1 is 1.17 bits per heavy atom. The first kappa shape index (κ1) is 11.4. The lowest BCUT2D eigenvalue weighted by molar-refractivity contribution is 0.972. The third kappa shape index (κ3) is 2.16. The lowest BCUT2D eigenvalue weighted by Gasteiger charge is -2.16. The summed E-state index contributed by atoms with van der Waals surface area (Å²) in [7, 11) is 0. The van der Waals surface area contributed by atoms with Crippen LogP contribution in [-0.2, 0) is 12.8 Å². The van der Waals surface area contributed by atoms with E-state index in [2.05, 4.69) is 9.98 Å². The van der Waals surface area contributed by atoms with Gasteiger partial charge in [0, 0.05) is 29.5 Å². The van der Waals surface area contributed by atoms with Gasteiger partial charge in [0.1, 0.15) is 0 Å². The van der Waals surface area contributed by atoms with Crippen molar-refractivity contribution in [3.8, 4) is 0 Å². The van der Waals surface area contributed by atoms with Gasteiger partial charge in [-0.2, -0.15) is 0 Å². The molecule has 1 aromatic heterocycles. The predicted molar refractivity (Wildman–Crippen MR) is 75.0 cm³/mol. The zero-order valence-electron chi connectivity index (χ0n) is 9.94. The van der Waals surface area contributed by atoms with Crippen molar-refractivity contribution in [2.24, 2.45) is 4.99 Å². The number of halogens is 1. The minimum absolute atomic E-state index is 0.776. The number of hydrogen-bond acceptors (Lipinski definition) is 2. The van der Waals surface area contributed by atoms with Crippen LogP contribution in [0.3, 0.4) is 0 Å². The molecule has 0 atom stereocenters. The molecule has 2 heterocycles. The molecule has 90 valence electrons. The summed E-state index contributed by atoms with van der Waals surface area (Å²) >= 11 is 6.33. The lowest BCUT2D eigenvalue weighted by atomic mass is 9.96. The first-order valence-electron chi connectivity index (χ1n) is 6.07. The normalized spacial score (nSPS) is 13.4. The fraction of sp³-hybridized carbons (Fsp3) is 0.200. The highest BCUT2D eigenvalue weighted by atomic mass is 35.5. The van der Waals surface area contributed by atoms with Gasteiger partial charge in [0.05, 0.1) is 5.69 Å². The van der Waals surface area contributed by atoms with E-state index in [1.165, 1.54) is 11.1 Å². The maximum Gasteiger partial charge on any atom is 0.0661 e. The van der Waals surface area contributed by atoms with Gasteiger partial charge < -0.3 is 0 Å². The molecule has 0 saturated heterocycles. The summed E-state index contributed by atoms with van der Waals surface area (Å²) in [5.41, 5.74) is 4.54. The van der Waals surface area contributed by atoms with E-state index in [0.29, 0.717) is 0 Å². The largest absolute Gasteiger partial charge is 0.261 e. The number of hydrogen-bond donors (Lipinski definition) is 0. The first-order chi connectivity index (χ1) is 8.84. The fourth-order valence-electron chi connectivity index (χ4n) is 2.30. The van der Waals surface area contributed by atoms with Crippen molar-refractivity contribution in [3.05, 3.63) is 58.4 Å². The molecule has 1 aliphatic rings. The molecule has 2 nitrogen and oxygen atoms in total. The number of fused-ring (bicyclic) bond motifs is 1. The van der Waals surface area contributed by atoms with Crippen LogP contribution < -0.4 is 0 Å². The summed E-state index contributed by atoms with van der Waals surface area (Å²) in [5.74, 6) is 0. The lowest BCUT2D eigenvalue weighted by Crippen LogP contribution is -2.02. The van der Waals surface area contributed by atoms with Crippen molar-refractivity contribution in [2.45, 2.75) is 19.3 Å². The standard InChI is InChI=1S/C15H13ClN2/c16-14-6-7-15-12(5-3-9-18-15)13(14)10-11-4-1-2-8-17-11/h1-2,4,6-9H,3,5,10H2. The quantitative estimate of drug-likeness (QED) is 0.798. The van der Waals surface area contributed by atoms with Gasteiger partial charge >= 0.3 is 0 Å². The average Bonchev–Trinajstić information content (AvgIpc) is 2.43. The SMILES string of the molecule is Clc1ccc2c(c1Cc1ccccn1)CCC=N2. The van der Waals surface area contributed by atoms with Crippen molar-refractivity contribution in [1.29, 1.82) is 0 Å². The second-order valence-corrected chi connectivity index (χ2v) is 4.78. The summed E-state index contributed by atoms with van der Waals surface area (Å²) in [5, 5.41) is 0.816. The summed E-state index contributed by atoms with van der Waals surface area (Å²) in [4.78, 5) is 8.80. The molecule has 3 heteroatoms. The Morgan fingerprint density at radius 2 is 2.11 bits per heavy atom. The second kappa shape index (κ2) is 4.91. The Kier molecular flexibility index (Phi) is 3.11. The molecule has 0 fully saturated rings.